The maximum Gasteiger partial charge on any atom is 0.242 e. The molecule has 0 bridgehead atoms. The Morgan fingerprint density at radius 2 is 2.04 bits per heavy atom. The second-order valence-corrected chi connectivity index (χ2v) is 9.73. The Bertz CT molecular complexity index is 889. The van der Waals surface area contributed by atoms with Gasteiger partial charge >= 0.3 is 0 Å². The fourth-order valence-electron chi connectivity index (χ4n) is 2.54. The number of rotatable bonds is 10. The van der Waals surface area contributed by atoms with Crippen LogP contribution in [0, 0.1) is 0 Å². The van der Waals surface area contributed by atoms with Crippen LogP contribution in [-0.2, 0) is 21.2 Å². The van der Waals surface area contributed by atoms with Crippen LogP contribution < -0.4 is 10.0 Å². The number of carbonyl (C=O) groups excluding carboxylic acids is 1. The summed E-state index contributed by atoms with van der Waals surface area (Å²) in [5, 5.41) is 3.11. The van der Waals surface area contributed by atoms with Crippen LogP contribution in [0.3, 0.4) is 0 Å². The normalized spacial score (nSPS) is 13.9. The van der Waals surface area contributed by atoms with Gasteiger partial charge in [-0.05, 0) is 55.7 Å². The lowest BCUT2D eigenvalue weighted by atomic mass is 10.1. The van der Waals surface area contributed by atoms with Crippen molar-refractivity contribution in [2.75, 3.05) is 12.0 Å². The highest BCUT2D eigenvalue weighted by Crippen LogP contribution is 2.25. The predicted octanol–water partition coefficient (Wildman–Crippen LogP) is 3.73. The fourth-order valence-corrected chi connectivity index (χ4v) is 5.00. The Balaban J connectivity index is 2.13. The van der Waals surface area contributed by atoms with Crippen molar-refractivity contribution >= 4 is 50.9 Å². The van der Waals surface area contributed by atoms with Crippen LogP contribution in [0.5, 0.6) is 0 Å². The third-order valence-corrected chi connectivity index (χ3v) is 6.72. The first-order valence-corrected chi connectivity index (χ1v) is 12.2. The Morgan fingerprint density at radius 3 is 2.68 bits per heavy atom. The molecule has 2 N–H and O–H groups in total. The van der Waals surface area contributed by atoms with Crippen LogP contribution in [0.25, 0.3) is 0 Å². The highest BCUT2D eigenvalue weighted by molar-refractivity contribution is 7.98. The summed E-state index contributed by atoms with van der Waals surface area (Å²) in [4.78, 5) is 12.6. The number of sulfonamides is 1. The van der Waals surface area contributed by atoms with Crippen molar-refractivity contribution in [3.8, 4) is 0 Å². The van der Waals surface area contributed by atoms with Gasteiger partial charge < -0.3 is 9.73 Å². The molecule has 0 aliphatic heterocycles. The van der Waals surface area contributed by atoms with E-state index < -0.39 is 22.0 Å². The number of benzene rings is 1. The summed E-state index contributed by atoms with van der Waals surface area (Å²) in [6.07, 6.45) is 4.28. The molecule has 0 saturated carbocycles. The minimum Gasteiger partial charge on any atom is -0.469 e. The summed E-state index contributed by atoms with van der Waals surface area (Å²) in [5.74, 6) is 0.936. The number of furan rings is 1. The average molecular weight is 465 g/mol. The number of amides is 1. The van der Waals surface area contributed by atoms with E-state index in [1.165, 1.54) is 30.0 Å². The van der Waals surface area contributed by atoms with Gasteiger partial charge in [-0.3, -0.25) is 4.79 Å². The fraction of sp³-hybridized carbons (Fsp3) is 0.389. The van der Waals surface area contributed by atoms with Crippen molar-refractivity contribution in [1.29, 1.82) is 0 Å². The molecule has 0 fully saturated rings. The monoisotopic (exact) mass is 464 g/mol. The summed E-state index contributed by atoms with van der Waals surface area (Å²) in [5.41, 5.74) is 0. The van der Waals surface area contributed by atoms with Crippen molar-refractivity contribution in [2.24, 2.45) is 0 Å². The third-order valence-electron chi connectivity index (χ3n) is 3.88. The van der Waals surface area contributed by atoms with Crippen LogP contribution in [0.1, 0.15) is 19.1 Å². The zero-order valence-corrected chi connectivity index (χ0v) is 18.6. The van der Waals surface area contributed by atoms with E-state index in [9.17, 15) is 13.2 Å². The molecule has 1 heterocycles. The number of thioether (sulfide) groups is 1. The first-order chi connectivity index (χ1) is 13.2. The highest BCUT2D eigenvalue weighted by Gasteiger charge is 2.28. The molecule has 154 valence electrons. The first-order valence-electron chi connectivity index (χ1n) is 8.52. The Morgan fingerprint density at radius 1 is 1.29 bits per heavy atom. The van der Waals surface area contributed by atoms with Gasteiger partial charge in [0, 0.05) is 17.5 Å². The minimum absolute atomic E-state index is 0.0344. The van der Waals surface area contributed by atoms with E-state index in [1.54, 1.807) is 12.3 Å². The van der Waals surface area contributed by atoms with Crippen molar-refractivity contribution < 1.29 is 17.6 Å². The van der Waals surface area contributed by atoms with E-state index in [2.05, 4.69) is 10.0 Å². The number of hydrogen-bond acceptors (Lipinski definition) is 5. The summed E-state index contributed by atoms with van der Waals surface area (Å²) in [6, 6.07) is 6.58. The molecular formula is C18H22Cl2N2O4S2. The van der Waals surface area contributed by atoms with E-state index in [0.717, 1.165) is 5.76 Å². The van der Waals surface area contributed by atoms with Gasteiger partial charge in [-0.15, -0.1) is 0 Å². The topological polar surface area (TPSA) is 88.4 Å². The zero-order valence-electron chi connectivity index (χ0n) is 15.4. The Labute approximate surface area is 179 Å². The van der Waals surface area contributed by atoms with Gasteiger partial charge in [0.1, 0.15) is 16.7 Å². The molecule has 1 aromatic carbocycles. The molecule has 0 spiro atoms. The summed E-state index contributed by atoms with van der Waals surface area (Å²) in [6.45, 7) is 1.83. The molecule has 1 amide bonds. The van der Waals surface area contributed by atoms with Crippen molar-refractivity contribution in [3.05, 3.63) is 52.4 Å². The van der Waals surface area contributed by atoms with Crippen LogP contribution in [-0.4, -0.2) is 38.4 Å². The zero-order chi connectivity index (χ0) is 20.7. The number of nitrogens with one attached hydrogen (secondary N) is 2. The molecule has 1 aromatic heterocycles. The van der Waals surface area contributed by atoms with Crippen LogP contribution in [0.4, 0.5) is 0 Å². The second-order valence-electron chi connectivity index (χ2n) is 6.22. The maximum atomic E-state index is 12.8. The molecule has 2 unspecified atom stereocenters. The largest absolute Gasteiger partial charge is 0.469 e. The second kappa shape index (κ2) is 10.5. The van der Waals surface area contributed by atoms with Crippen molar-refractivity contribution in [1.82, 2.24) is 10.0 Å². The van der Waals surface area contributed by atoms with E-state index in [-0.39, 0.29) is 21.0 Å². The first kappa shape index (κ1) is 23.1. The average Bonchev–Trinajstić information content (AvgIpc) is 3.13. The molecule has 0 aliphatic carbocycles. The lowest BCUT2D eigenvalue weighted by Crippen LogP contribution is -2.49. The molecule has 0 radical (unpaired) electrons. The van der Waals surface area contributed by atoms with E-state index >= 15 is 0 Å². The molecular weight excluding hydrogens is 443 g/mol. The van der Waals surface area contributed by atoms with Gasteiger partial charge in [0.15, 0.2) is 0 Å². The van der Waals surface area contributed by atoms with E-state index in [1.807, 2.05) is 19.2 Å². The van der Waals surface area contributed by atoms with Crippen LogP contribution in [0.2, 0.25) is 10.0 Å². The van der Waals surface area contributed by atoms with E-state index in [0.29, 0.717) is 18.6 Å². The molecule has 2 atom stereocenters. The van der Waals surface area contributed by atoms with Gasteiger partial charge in [-0.2, -0.15) is 16.5 Å². The maximum absolute atomic E-state index is 12.8. The van der Waals surface area contributed by atoms with Gasteiger partial charge in [0.25, 0.3) is 0 Å². The van der Waals surface area contributed by atoms with Gasteiger partial charge in [-0.25, -0.2) is 8.42 Å². The Hall–Kier alpha value is -1.19. The van der Waals surface area contributed by atoms with Crippen LogP contribution in [0.15, 0.2) is 45.9 Å². The predicted molar refractivity (Wildman–Crippen MR) is 114 cm³/mol. The molecule has 0 saturated heterocycles. The van der Waals surface area contributed by atoms with E-state index in [4.69, 9.17) is 27.6 Å². The Kier molecular flexibility index (Phi) is 8.70. The molecule has 6 nitrogen and oxygen atoms in total. The van der Waals surface area contributed by atoms with Gasteiger partial charge in [-0.1, -0.05) is 23.2 Å². The standard InChI is InChI=1S/C18H22Cl2N2O4S2/c1-12(10-14-4-3-8-26-14)21-18(23)16(7-9-27-2)22-28(24,25)17-11-13(19)5-6-15(17)20/h3-6,8,11-12,16,22H,7,9-10H2,1-2H3,(H,21,23). The van der Waals surface area contributed by atoms with Crippen molar-refractivity contribution in [2.45, 2.75) is 36.7 Å². The summed E-state index contributed by atoms with van der Waals surface area (Å²) < 4.78 is 33.3. The van der Waals surface area contributed by atoms with Crippen LogP contribution >= 0.6 is 35.0 Å². The summed E-state index contributed by atoms with van der Waals surface area (Å²) in [7, 11) is -4.03. The van der Waals surface area contributed by atoms with Gasteiger partial charge in [0.05, 0.1) is 11.3 Å². The number of halogens is 2. The smallest absolute Gasteiger partial charge is 0.242 e. The van der Waals surface area contributed by atoms with Crippen molar-refractivity contribution in [3.63, 3.8) is 0 Å². The minimum atomic E-state index is -4.03. The lowest BCUT2D eigenvalue weighted by molar-refractivity contribution is -0.123. The SMILES string of the molecule is CSCCC(NS(=O)(=O)c1cc(Cl)ccc1Cl)C(=O)NC(C)Cc1ccco1. The summed E-state index contributed by atoms with van der Waals surface area (Å²) >= 11 is 13.4. The molecule has 10 heteroatoms. The highest BCUT2D eigenvalue weighted by atomic mass is 35.5. The quantitative estimate of drug-likeness (QED) is 0.558. The van der Waals surface area contributed by atoms with Gasteiger partial charge in [0.2, 0.25) is 15.9 Å². The molecule has 28 heavy (non-hydrogen) atoms. The number of hydrogen-bond donors (Lipinski definition) is 2. The third kappa shape index (κ3) is 6.70. The lowest BCUT2D eigenvalue weighted by Gasteiger charge is -2.21. The molecule has 2 rings (SSSR count). The molecule has 0 aliphatic rings. The number of carbonyl (C=O) groups is 1. The molecule has 2 aromatic rings.